The Kier molecular flexibility index (Phi) is 5.08. The molecule has 2 aromatic rings. The molecular weight excluding hydrogens is 306 g/mol. The van der Waals surface area contributed by atoms with E-state index in [1.807, 2.05) is 6.07 Å². The summed E-state index contributed by atoms with van der Waals surface area (Å²) in [5, 5.41) is 17.5. The molecule has 24 heavy (non-hydrogen) atoms. The quantitative estimate of drug-likeness (QED) is 0.838. The van der Waals surface area contributed by atoms with Crippen molar-refractivity contribution in [2.75, 3.05) is 11.9 Å². The highest BCUT2D eigenvalue weighted by molar-refractivity contribution is 5.29. The van der Waals surface area contributed by atoms with E-state index in [2.05, 4.69) is 39.3 Å². The van der Waals surface area contributed by atoms with Gasteiger partial charge in [0.1, 0.15) is 0 Å². The van der Waals surface area contributed by atoms with Crippen LogP contribution in [0.2, 0.25) is 0 Å². The molecule has 0 spiro atoms. The largest absolute Gasteiger partial charge is 0.393 e. The zero-order valence-corrected chi connectivity index (χ0v) is 14.5. The predicted octanol–water partition coefficient (Wildman–Crippen LogP) is 2.26. The van der Waals surface area contributed by atoms with Crippen molar-refractivity contribution in [1.82, 2.24) is 20.1 Å². The second-order valence-corrected chi connectivity index (χ2v) is 6.44. The molecule has 0 amide bonds. The van der Waals surface area contributed by atoms with Crippen LogP contribution in [-0.2, 0) is 12.8 Å². The van der Waals surface area contributed by atoms with Crippen molar-refractivity contribution in [3.8, 4) is 0 Å². The molecule has 1 aliphatic rings. The van der Waals surface area contributed by atoms with Gasteiger partial charge in [0.05, 0.1) is 6.10 Å². The van der Waals surface area contributed by atoms with Gasteiger partial charge in [-0.05, 0) is 38.7 Å². The summed E-state index contributed by atoms with van der Waals surface area (Å²) >= 11 is 0. The summed E-state index contributed by atoms with van der Waals surface area (Å²) in [6.07, 6.45) is 2.87. The van der Waals surface area contributed by atoms with E-state index in [-0.39, 0.29) is 17.9 Å². The standard InChI is InChI=1S/C17H25N5O2/c1-4-13-8-14(5-2)21-17(20-13)18-9-12-6-11(7-15(12)23)16-19-10(3)22-24-16/h8,11-12,15,23H,4-7,9H2,1-3H3,(H,18,20,21)/t11-,12+,15+/m0/s1. The number of aliphatic hydroxyl groups excluding tert-OH is 1. The van der Waals surface area contributed by atoms with Crippen LogP contribution in [0.15, 0.2) is 10.6 Å². The summed E-state index contributed by atoms with van der Waals surface area (Å²) in [5.41, 5.74) is 2.08. The van der Waals surface area contributed by atoms with E-state index in [0.717, 1.165) is 30.7 Å². The minimum atomic E-state index is -0.380. The normalized spacial score (nSPS) is 23.6. The maximum Gasteiger partial charge on any atom is 0.229 e. The zero-order chi connectivity index (χ0) is 17.1. The first kappa shape index (κ1) is 16.8. The fourth-order valence-electron chi connectivity index (χ4n) is 3.22. The molecule has 130 valence electrons. The molecule has 0 radical (unpaired) electrons. The minimum absolute atomic E-state index is 0.126. The number of aliphatic hydroxyl groups is 1. The number of nitrogens with one attached hydrogen (secondary N) is 1. The Balaban J connectivity index is 1.62. The molecule has 2 N–H and O–H groups in total. The van der Waals surface area contributed by atoms with Gasteiger partial charge < -0.3 is 14.9 Å². The molecule has 7 heteroatoms. The van der Waals surface area contributed by atoms with Gasteiger partial charge in [0.15, 0.2) is 5.82 Å². The summed E-state index contributed by atoms with van der Waals surface area (Å²) in [6, 6.07) is 2.05. The first-order valence-corrected chi connectivity index (χ1v) is 8.68. The molecule has 0 saturated heterocycles. The Morgan fingerprint density at radius 3 is 2.46 bits per heavy atom. The molecule has 1 aliphatic carbocycles. The Morgan fingerprint density at radius 2 is 1.88 bits per heavy atom. The number of aromatic nitrogens is 4. The first-order valence-electron chi connectivity index (χ1n) is 8.68. The third-order valence-corrected chi connectivity index (χ3v) is 4.63. The summed E-state index contributed by atoms with van der Waals surface area (Å²) in [4.78, 5) is 13.3. The Labute approximate surface area is 141 Å². The monoisotopic (exact) mass is 331 g/mol. The smallest absolute Gasteiger partial charge is 0.229 e. The third-order valence-electron chi connectivity index (χ3n) is 4.63. The van der Waals surface area contributed by atoms with Crippen molar-refractivity contribution in [3.63, 3.8) is 0 Å². The van der Waals surface area contributed by atoms with Crippen molar-refractivity contribution < 1.29 is 9.63 Å². The maximum atomic E-state index is 10.3. The van der Waals surface area contributed by atoms with E-state index in [9.17, 15) is 5.11 Å². The summed E-state index contributed by atoms with van der Waals surface area (Å²) in [6.45, 7) is 6.62. The molecule has 0 unspecified atom stereocenters. The highest BCUT2D eigenvalue weighted by Gasteiger charge is 2.36. The minimum Gasteiger partial charge on any atom is -0.393 e. The highest BCUT2D eigenvalue weighted by Crippen LogP contribution is 2.37. The highest BCUT2D eigenvalue weighted by atomic mass is 16.5. The summed E-state index contributed by atoms with van der Waals surface area (Å²) in [5.74, 6) is 2.17. The number of hydrogen-bond donors (Lipinski definition) is 2. The van der Waals surface area contributed by atoms with Crippen molar-refractivity contribution in [2.24, 2.45) is 5.92 Å². The number of rotatable bonds is 6. The fraction of sp³-hybridized carbons (Fsp3) is 0.647. The molecule has 1 saturated carbocycles. The summed E-state index contributed by atoms with van der Waals surface area (Å²) < 4.78 is 5.25. The van der Waals surface area contributed by atoms with Crippen LogP contribution in [0, 0.1) is 12.8 Å². The van der Waals surface area contributed by atoms with Crippen LogP contribution >= 0.6 is 0 Å². The Hall–Kier alpha value is -2.02. The van der Waals surface area contributed by atoms with E-state index in [1.54, 1.807) is 6.92 Å². The number of anilines is 1. The molecule has 7 nitrogen and oxygen atoms in total. The van der Waals surface area contributed by atoms with Crippen molar-refractivity contribution in [1.29, 1.82) is 0 Å². The van der Waals surface area contributed by atoms with Crippen LogP contribution in [0.25, 0.3) is 0 Å². The van der Waals surface area contributed by atoms with E-state index in [4.69, 9.17) is 4.52 Å². The zero-order valence-electron chi connectivity index (χ0n) is 14.5. The second kappa shape index (κ2) is 7.25. The predicted molar refractivity (Wildman–Crippen MR) is 89.8 cm³/mol. The Bertz CT molecular complexity index is 665. The summed E-state index contributed by atoms with van der Waals surface area (Å²) in [7, 11) is 0. The topological polar surface area (TPSA) is 97.0 Å². The van der Waals surface area contributed by atoms with Crippen molar-refractivity contribution in [2.45, 2.75) is 58.5 Å². The first-order chi connectivity index (χ1) is 11.6. The van der Waals surface area contributed by atoms with E-state index in [1.165, 1.54) is 0 Å². The lowest BCUT2D eigenvalue weighted by Crippen LogP contribution is -2.23. The van der Waals surface area contributed by atoms with E-state index >= 15 is 0 Å². The van der Waals surface area contributed by atoms with Gasteiger partial charge in [0.25, 0.3) is 0 Å². The molecular formula is C17H25N5O2. The molecule has 2 aromatic heterocycles. The number of aryl methyl sites for hydroxylation is 3. The Morgan fingerprint density at radius 1 is 1.17 bits per heavy atom. The molecule has 3 rings (SSSR count). The number of hydrogen-bond acceptors (Lipinski definition) is 7. The number of nitrogens with zero attached hydrogens (tertiary/aromatic N) is 4. The van der Waals surface area contributed by atoms with Crippen LogP contribution in [0.4, 0.5) is 5.95 Å². The third kappa shape index (κ3) is 3.72. The van der Waals surface area contributed by atoms with E-state index in [0.29, 0.717) is 30.6 Å². The van der Waals surface area contributed by atoms with Crippen LogP contribution in [0.3, 0.4) is 0 Å². The molecule has 2 heterocycles. The van der Waals surface area contributed by atoms with Crippen LogP contribution in [0.1, 0.15) is 55.7 Å². The molecule has 0 aliphatic heterocycles. The lowest BCUT2D eigenvalue weighted by atomic mass is 10.0. The lowest BCUT2D eigenvalue weighted by molar-refractivity contribution is 0.137. The van der Waals surface area contributed by atoms with Gasteiger partial charge in [-0.1, -0.05) is 19.0 Å². The van der Waals surface area contributed by atoms with E-state index < -0.39 is 0 Å². The van der Waals surface area contributed by atoms with Gasteiger partial charge in [-0.3, -0.25) is 0 Å². The van der Waals surface area contributed by atoms with Gasteiger partial charge >= 0.3 is 0 Å². The molecule has 3 atom stereocenters. The van der Waals surface area contributed by atoms with Gasteiger partial charge in [-0.2, -0.15) is 4.98 Å². The molecule has 0 bridgehead atoms. The van der Waals surface area contributed by atoms with Gasteiger partial charge in [-0.15, -0.1) is 0 Å². The second-order valence-electron chi connectivity index (χ2n) is 6.44. The SMILES string of the molecule is CCc1cc(CC)nc(NC[C@H]2C[C@H](c3nc(C)no3)C[C@H]2O)n1. The van der Waals surface area contributed by atoms with Crippen LogP contribution < -0.4 is 5.32 Å². The lowest BCUT2D eigenvalue weighted by Gasteiger charge is -2.15. The van der Waals surface area contributed by atoms with Crippen molar-refractivity contribution in [3.05, 3.63) is 29.2 Å². The average Bonchev–Trinajstić information content (AvgIpc) is 3.18. The van der Waals surface area contributed by atoms with Crippen molar-refractivity contribution >= 4 is 5.95 Å². The average molecular weight is 331 g/mol. The van der Waals surface area contributed by atoms with Gasteiger partial charge in [-0.25, -0.2) is 9.97 Å². The maximum absolute atomic E-state index is 10.3. The molecule has 0 aromatic carbocycles. The van der Waals surface area contributed by atoms with Gasteiger partial charge in [0, 0.05) is 29.8 Å². The molecule has 1 fully saturated rings. The van der Waals surface area contributed by atoms with Gasteiger partial charge in [0.2, 0.25) is 11.8 Å². The van der Waals surface area contributed by atoms with Crippen LogP contribution in [0.5, 0.6) is 0 Å². The fourth-order valence-corrected chi connectivity index (χ4v) is 3.22. The van der Waals surface area contributed by atoms with Crippen LogP contribution in [-0.4, -0.2) is 37.9 Å².